The lowest BCUT2D eigenvalue weighted by atomic mass is 10.9. The summed E-state index contributed by atoms with van der Waals surface area (Å²) in [7, 11) is -3.77. The van der Waals surface area contributed by atoms with Gasteiger partial charge in [0, 0.05) is 8.07 Å². The van der Waals surface area contributed by atoms with Gasteiger partial charge in [0.1, 0.15) is 0 Å². The summed E-state index contributed by atoms with van der Waals surface area (Å²) >= 11 is 0. The molecule has 3 nitrogen and oxygen atoms in total. The molecule has 1 N–H and O–H groups in total. The molecule has 5 heteroatoms. The molecule has 0 spiro atoms. The van der Waals surface area contributed by atoms with Gasteiger partial charge >= 0.3 is 8.25 Å². The fourth-order valence-electron chi connectivity index (χ4n) is 0.445. The zero-order valence-corrected chi connectivity index (χ0v) is 8.68. The fourth-order valence-corrected chi connectivity index (χ4v) is 1.64. The number of hydrogen-bond acceptors (Lipinski definition) is 2. The maximum Gasteiger partial charge on any atom is 0.316 e. The number of hydrogen-bond donors (Lipinski definition) is 1. The van der Waals surface area contributed by atoms with Gasteiger partial charge in [-0.15, -0.1) is 0 Å². The van der Waals surface area contributed by atoms with Gasteiger partial charge in [-0.2, -0.15) is 0 Å². The minimum atomic E-state index is -2.68. The highest BCUT2D eigenvalue weighted by molar-refractivity contribution is 7.32. The molecule has 0 radical (unpaired) electrons. The van der Waals surface area contributed by atoms with Crippen molar-refractivity contribution in [2.45, 2.75) is 25.7 Å². The van der Waals surface area contributed by atoms with Gasteiger partial charge in [0.05, 0.1) is 6.61 Å². The summed E-state index contributed by atoms with van der Waals surface area (Å²) in [6.07, 6.45) is 0. The molecule has 0 amide bonds. The Bertz CT molecular complexity index is 121. The first-order chi connectivity index (χ1) is 4.42. The Balaban J connectivity index is 3.29. The molecule has 1 unspecified atom stereocenters. The molecule has 10 heavy (non-hydrogen) atoms. The van der Waals surface area contributed by atoms with Crippen LogP contribution in [0, 0.1) is 0 Å². The van der Waals surface area contributed by atoms with E-state index in [9.17, 15) is 4.57 Å². The van der Waals surface area contributed by atoms with Crippen molar-refractivity contribution in [3.63, 3.8) is 0 Å². The first kappa shape index (κ1) is 10.4. The molecular weight excluding hydrogens is 167 g/mol. The van der Waals surface area contributed by atoms with Crippen molar-refractivity contribution in [2.24, 2.45) is 0 Å². The van der Waals surface area contributed by atoms with Crippen molar-refractivity contribution in [1.82, 2.24) is 0 Å². The lowest BCUT2D eigenvalue weighted by Crippen LogP contribution is -2.20. The van der Waals surface area contributed by atoms with Crippen LogP contribution < -0.4 is 0 Å². The molecule has 0 saturated heterocycles. The number of rotatable bonds is 4. The van der Waals surface area contributed by atoms with E-state index < -0.39 is 16.3 Å². The minimum Gasteiger partial charge on any atom is -0.326 e. The predicted octanol–water partition coefficient (Wildman–Crippen LogP) is 1.72. The van der Waals surface area contributed by atoms with E-state index in [1.54, 1.807) is 0 Å². The zero-order chi connectivity index (χ0) is 8.20. The maximum atomic E-state index is 10.1. The monoisotopic (exact) mass is 182 g/mol. The average molecular weight is 182 g/mol. The normalized spacial score (nSPS) is 15.2. The smallest absolute Gasteiger partial charge is 0.316 e. The molecule has 0 aromatic rings. The summed E-state index contributed by atoms with van der Waals surface area (Å²) in [5.74, 6) is 0. The van der Waals surface area contributed by atoms with Crippen LogP contribution in [0.25, 0.3) is 0 Å². The van der Waals surface area contributed by atoms with Gasteiger partial charge in [0.25, 0.3) is 0 Å². The van der Waals surface area contributed by atoms with Gasteiger partial charge in [-0.25, -0.2) is 0 Å². The molecule has 0 fully saturated rings. The van der Waals surface area contributed by atoms with Gasteiger partial charge < -0.3 is 9.42 Å². The Hall–Kier alpha value is 0.367. The largest absolute Gasteiger partial charge is 0.326 e. The zero-order valence-electron chi connectivity index (χ0n) is 6.68. The van der Waals surface area contributed by atoms with E-state index in [1.807, 2.05) is 0 Å². The lowest BCUT2D eigenvalue weighted by molar-refractivity contribution is 0.296. The molecule has 0 aromatic carbocycles. The fraction of sp³-hybridized carbons (Fsp3) is 1.00. The second kappa shape index (κ2) is 4.29. The molecule has 0 aliphatic heterocycles. The standard InChI is InChI=1S/C5H15O3PSi/c1-10(2,3)5-4-8-9(6)7/h9H,4-5H2,1-3H3,(H,6,7). The first-order valence-electron chi connectivity index (χ1n) is 3.27. The molecule has 62 valence electrons. The van der Waals surface area contributed by atoms with E-state index in [0.29, 0.717) is 6.61 Å². The topological polar surface area (TPSA) is 46.5 Å². The third-order valence-corrected chi connectivity index (χ3v) is 3.23. The quantitative estimate of drug-likeness (QED) is 0.532. The molecule has 0 rings (SSSR count). The summed E-state index contributed by atoms with van der Waals surface area (Å²) in [4.78, 5) is 8.29. The Morgan fingerprint density at radius 3 is 2.30 bits per heavy atom. The Morgan fingerprint density at radius 2 is 2.00 bits per heavy atom. The van der Waals surface area contributed by atoms with Crippen LogP contribution in [0.4, 0.5) is 0 Å². The maximum absolute atomic E-state index is 10.1. The van der Waals surface area contributed by atoms with E-state index in [2.05, 4.69) is 24.2 Å². The molecule has 0 aliphatic rings. The van der Waals surface area contributed by atoms with Crippen molar-refractivity contribution in [1.29, 1.82) is 0 Å². The van der Waals surface area contributed by atoms with E-state index in [1.165, 1.54) is 0 Å². The summed E-state index contributed by atoms with van der Waals surface area (Å²) in [5, 5.41) is 0. The van der Waals surface area contributed by atoms with E-state index >= 15 is 0 Å². The minimum absolute atomic E-state index is 0.435. The van der Waals surface area contributed by atoms with Crippen LogP contribution >= 0.6 is 8.25 Å². The van der Waals surface area contributed by atoms with Crippen LogP contribution in [0.15, 0.2) is 0 Å². The Morgan fingerprint density at radius 1 is 1.50 bits per heavy atom. The van der Waals surface area contributed by atoms with E-state index in [4.69, 9.17) is 4.89 Å². The van der Waals surface area contributed by atoms with Crippen molar-refractivity contribution < 1.29 is 14.0 Å². The Labute approximate surface area is 63.4 Å². The SMILES string of the molecule is C[Si](C)(C)CCO[PH](=O)O. The molecule has 0 heterocycles. The highest BCUT2D eigenvalue weighted by Crippen LogP contribution is 2.17. The predicted molar refractivity (Wildman–Crippen MR) is 45.3 cm³/mol. The Kier molecular flexibility index (Phi) is 4.44. The second-order valence-corrected chi connectivity index (χ2v) is 9.87. The van der Waals surface area contributed by atoms with Gasteiger partial charge in [-0.1, -0.05) is 19.6 Å². The lowest BCUT2D eigenvalue weighted by Gasteiger charge is -2.13. The molecule has 0 bridgehead atoms. The van der Waals surface area contributed by atoms with Crippen LogP contribution in [-0.4, -0.2) is 19.6 Å². The van der Waals surface area contributed by atoms with Crippen molar-refractivity contribution in [3.05, 3.63) is 0 Å². The summed E-state index contributed by atoms with van der Waals surface area (Å²) in [5.41, 5.74) is 0. The van der Waals surface area contributed by atoms with Crippen LogP contribution in [0.3, 0.4) is 0 Å². The van der Waals surface area contributed by atoms with Crippen LogP contribution in [-0.2, 0) is 9.09 Å². The van der Waals surface area contributed by atoms with Gasteiger partial charge in [-0.05, 0) is 6.04 Å². The van der Waals surface area contributed by atoms with E-state index in [0.717, 1.165) is 6.04 Å². The highest BCUT2D eigenvalue weighted by Gasteiger charge is 2.12. The van der Waals surface area contributed by atoms with Gasteiger partial charge in [0.15, 0.2) is 0 Å². The van der Waals surface area contributed by atoms with Gasteiger partial charge in [0.2, 0.25) is 0 Å². The van der Waals surface area contributed by atoms with Crippen molar-refractivity contribution in [3.8, 4) is 0 Å². The van der Waals surface area contributed by atoms with Crippen LogP contribution in [0.5, 0.6) is 0 Å². The third kappa shape index (κ3) is 8.37. The first-order valence-corrected chi connectivity index (χ1v) is 8.24. The molecular formula is C5H15O3PSi. The molecule has 0 aliphatic carbocycles. The summed E-state index contributed by atoms with van der Waals surface area (Å²) in [6, 6.07) is 0.948. The molecule has 0 saturated carbocycles. The van der Waals surface area contributed by atoms with Crippen LogP contribution in [0.1, 0.15) is 0 Å². The summed E-state index contributed by atoms with van der Waals surface area (Å²) < 4.78 is 14.6. The molecule has 1 atom stereocenters. The second-order valence-electron chi connectivity index (χ2n) is 3.43. The van der Waals surface area contributed by atoms with E-state index in [-0.39, 0.29) is 0 Å². The van der Waals surface area contributed by atoms with Crippen LogP contribution in [0.2, 0.25) is 25.7 Å². The van der Waals surface area contributed by atoms with Gasteiger partial charge in [-0.3, -0.25) is 4.57 Å². The van der Waals surface area contributed by atoms with Crippen molar-refractivity contribution in [2.75, 3.05) is 6.61 Å². The highest BCUT2D eigenvalue weighted by atomic mass is 31.1. The van der Waals surface area contributed by atoms with Crippen molar-refractivity contribution >= 4 is 16.3 Å². The molecule has 0 aromatic heterocycles. The summed E-state index contributed by atoms with van der Waals surface area (Å²) in [6.45, 7) is 7.03. The third-order valence-electron chi connectivity index (χ3n) is 1.08. The average Bonchev–Trinajstić information content (AvgIpc) is 1.59.